The first-order valence-electron chi connectivity index (χ1n) is 8.97. The van der Waals surface area contributed by atoms with Crippen molar-refractivity contribution in [3.8, 4) is 11.5 Å². The van der Waals surface area contributed by atoms with E-state index in [1.807, 2.05) is 0 Å². The van der Waals surface area contributed by atoms with Gasteiger partial charge in [0.2, 0.25) is 6.79 Å². The van der Waals surface area contributed by atoms with E-state index in [2.05, 4.69) is 5.32 Å². The van der Waals surface area contributed by atoms with Crippen molar-refractivity contribution in [1.82, 2.24) is 10.2 Å². The maximum absolute atomic E-state index is 13.9. The highest BCUT2D eigenvalue weighted by Gasteiger charge is 2.27. The Balaban J connectivity index is 1.35. The van der Waals surface area contributed by atoms with Crippen molar-refractivity contribution in [3.63, 3.8) is 0 Å². The summed E-state index contributed by atoms with van der Waals surface area (Å²) in [6.07, 6.45) is 1.15. The Kier molecular flexibility index (Phi) is 5.09. The molecular formula is C20H18ClFN2O4. The van der Waals surface area contributed by atoms with Gasteiger partial charge in [0, 0.05) is 24.7 Å². The number of likely N-dealkylation sites (tertiary alicyclic amines) is 1. The van der Waals surface area contributed by atoms with Crippen LogP contribution in [0.3, 0.4) is 0 Å². The van der Waals surface area contributed by atoms with Crippen molar-refractivity contribution < 1.29 is 23.5 Å². The molecule has 28 heavy (non-hydrogen) atoms. The Labute approximate surface area is 166 Å². The van der Waals surface area contributed by atoms with Gasteiger partial charge in [-0.1, -0.05) is 17.7 Å². The van der Waals surface area contributed by atoms with Gasteiger partial charge >= 0.3 is 0 Å². The van der Waals surface area contributed by atoms with Crippen LogP contribution in [-0.4, -0.2) is 42.6 Å². The third-order valence-corrected chi connectivity index (χ3v) is 5.24. The lowest BCUT2D eigenvalue weighted by Gasteiger charge is -2.32. The quantitative estimate of drug-likeness (QED) is 0.852. The topological polar surface area (TPSA) is 67.9 Å². The van der Waals surface area contributed by atoms with Crippen LogP contribution in [0.15, 0.2) is 36.4 Å². The molecule has 2 amide bonds. The van der Waals surface area contributed by atoms with Gasteiger partial charge in [-0.3, -0.25) is 9.59 Å². The van der Waals surface area contributed by atoms with E-state index in [1.54, 1.807) is 23.1 Å². The molecule has 1 N–H and O–H groups in total. The highest BCUT2D eigenvalue weighted by atomic mass is 35.5. The molecular weight excluding hydrogens is 387 g/mol. The van der Waals surface area contributed by atoms with E-state index in [0.717, 1.165) is 0 Å². The maximum Gasteiger partial charge on any atom is 0.255 e. The number of piperidine rings is 1. The van der Waals surface area contributed by atoms with Crippen molar-refractivity contribution in [2.45, 2.75) is 18.9 Å². The van der Waals surface area contributed by atoms with Gasteiger partial charge < -0.3 is 19.7 Å². The second-order valence-electron chi connectivity index (χ2n) is 6.70. The predicted molar refractivity (Wildman–Crippen MR) is 100 cm³/mol. The van der Waals surface area contributed by atoms with E-state index in [0.29, 0.717) is 43.0 Å². The van der Waals surface area contributed by atoms with Crippen molar-refractivity contribution in [1.29, 1.82) is 0 Å². The van der Waals surface area contributed by atoms with Gasteiger partial charge in [0.1, 0.15) is 5.82 Å². The van der Waals surface area contributed by atoms with Crippen LogP contribution in [-0.2, 0) is 0 Å². The van der Waals surface area contributed by atoms with Crippen LogP contribution in [0.2, 0.25) is 5.02 Å². The van der Waals surface area contributed by atoms with Crippen LogP contribution in [0.4, 0.5) is 4.39 Å². The summed E-state index contributed by atoms with van der Waals surface area (Å²) in [5, 5.41) is 2.89. The molecule has 8 heteroatoms. The highest BCUT2D eigenvalue weighted by Crippen LogP contribution is 2.33. The van der Waals surface area contributed by atoms with Gasteiger partial charge in [0.15, 0.2) is 11.5 Å². The summed E-state index contributed by atoms with van der Waals surface area (Å²) in [7, 11) is 0. The number of carbonyl (C=O) groups excluding carboxylic acids is 2. The SMILES string of the molecule is O=C(NC1CCN(C(=O)c2ccc3c(c2)OCO3)CC1)c1c(F)cccc1Cl. The Bertz CT molecular complexity index is 908. The molecule has 2 aliphatic rings. The summed E-state index contributed by atoms with van der Waals surface area (Å²) in [6, 6.07) is 9.10. The van der Waals surface area contributed by atoms with Gasteiger partial charge in [-0.25, -0.2) is 4.39 Å². The van der Waals surface area contributed by atoms with E-state index >= 15 is 0 Å². The van der Waals surface area contributed by atoms with Gasteiger partial charge in [-0.05, 0) is 43.2 Å². The predicted octanol–water partition coefficient (Wildman–Crippen LogP) is 3.24. The Hall–Kier alpha value is -2.80. The standard InChI is InChI=1S/C20H18ClFN2O4/c21-14-2-1-3-15(22)18(14)19(25)23-13-6-8-24(9-7-13)20(26)12-4-5-16-17(10-12)28-11-27-16/h1-5,10,13H,6-9,11H2,(H,23,25). The number of hydrogen-bond acceptors (Lipinski definition) is 4. The van der Waals surface area contributed by atoms with E-state index in [4.69, 9.17) is 21.1 Å². The summed E-state index contributed by atoms with van der Waals surface area (Å²) in [5.41, 5.74) is 0.382. The number of ether oxygens (including phenoxy) is 2. The third-order valence-electron chi connectivity index (χ3n) is 4.93. The first kappa shape index (κ1) is 18.6. The number of nitrogens with one attached hydrogen (secondary N) is 1. The largest absolute Gasteiger partial charge is 0.454 e. The van der Waals surface area contributed by atoms with E-state index in [9.17, 15) is 14.0 Å². The number of benzene rings is 2. The molecule has 0 aliphatic carbocycles. The fourth-order valence-electron chi connectivity index (χ4n) is 3.41. The lowest BCUT2D eigenvalue weighted by atomic mass is 10.0. The molecule has 2 aromatic carbocycles. The van der Waals surface area contributed by atoms with Gasteiger partial charge in [0.05, 0.1) is 10.6 Å². The highest BCUT2D eigenvalue weighted by molar-refractivity contribution is 6.33. The molecule has 0 bridgehead atoms. The van der Waals surface area contributed by atoms with Gasteiger partial charge in [-0.2, -0.15) is 0 Å². The molecule has 0 unspecified atom stereocenters. The van der Waals surface area contributed by atoms with Crippen LogP contribution in [0.25, 0.3) is 0 Å². The summed E-state index contributed by atoms with van der Waals surface area (Å²) in [5.74, 6) is -0.0937. The average molecular weight is 405 g/mol. The van der Waals surface area contributed by atoms with E-state index in [1.165, 1.54) is 18.2 Å². The smallest absolute Gasteiger partial charge is 0.255 e. The van der Waals surface area contributed by atoms with Gasteiger partial charge in [0.25, 0.3) is 11.8 Å². The monoisotopic (exact) mass is 404 g/mol. The summed E-state index contributed by atoms with van der Waals surface area (Å²) in [6.45, 7) is 1.14. The third kappa shape index (κ3) is 3.62. The fourth-order valence-corrected chi connectivity index (χ4v) is 3.66. The second-order valence-corrected chi connectivity index (χ2v) is 7.11. The Morgan fingerprint density at radius 3 is 2.61 bits per heavy atom. The maximum atomic E-state index is 13.9. The Morgan fingerprint density at radius 2 is 1.86 bits per heavy atom. The first-order valence-corrected chi connectivity index (χ1v) is 9.34. The molecule has 2 heterocycles. The zero-order valence-corrected chi connectivity index (χ0v) is 15.7. The van der Waals surface area contributed by atoms with Crippen molar-refractivity contribution in [3.05, 3.63) is 58.4 Å². The van der Waals surface area contributed by atoms with Crippen molar-refractivity contribution in [2.24, 2.45) is 0 Å². The normalized spacial score (nSPS) is 16.1. The minimum atomic E-state index is -0.652. The average Bonchev–Trinajstić information content (AvgIpc) is 3.15. The molecule has 0 saturated carbocycles. The van der Waals surface area contributed by atoms with Crippen LogP contribution < -0.4 is 14.8 Å². The molecule has 0 spiro atoms. The number of nitrogens with zero attached hydrogens (tertiary/aromatic N) is 1. The lowest BCUT2D eigenvalue weighted by molar-refractivity contribution is 0.0697. The molecule has 2 aromatic rings. The van der Waals surface area contributed by atoms with Crippen LogP contribution in [0, 0.1) is 5.82 Å². The zero-order valence-electron chi connectivity index (χ0n) is 14.9. The molecule has 1 fully saturated rings. The summed E-state index contributed by atoms with van der Waals surface area (Å²) >= 11 is 5.94. The number of carbonyl (C=O) groups is 2. The number of rotatable bonds is 3. The van der Waals surface area contributed by atoms with Crippen molar-refractivity contribution in [2.75, 3.05) is 19.9 Å². The summed E-state index contributed by atoms with van der Waals surface area (Å²) in [4.78, 5) is 26.8. The molecule has 146 valence electrons. The van der Waals surface area contributed by atoms with Crippen LogP contribution in [0.1, 0.15) is 33.6 Å². The molecule has 0 atom stereocenters. The molecule has 4 rings (SSSR count). The summed E-state index contributed by atoms with van der Waals surface area (Å²) < 4.78 is 24.5. The van der Waals surface area contributed by atoms with E-state index in [-0.39, 0.29) is 29.3 Å². The minimum Gasteiger partial charge on any atom is -0.454 e. The van der Waals surface area contributed by atoms with E-state index < -0.39 is 11.7 Å². The van der Waals surface area contributed by atoms with Crippen LogP contribution >= 0.6 is 11.6 Å². The minimum absolute atomic E-state index is 0.0768. The number of hydrogen-bond donors (Lipinski definition) is 1. The zero-order chi connectivity index (χ0) is 19.7. The number of halogens is 2. The molecule has 0 aromatic heterocycles. The second kappa shape index (κ2) is 7.67. The molecule has 2 aliphatic heterocycles. The fraction of sp³-hybridized carbons (Fsp3) is 0.300. The lowest BCUT2D eigenvalue weighted by Crippen LogP contribution is -2.46. The molecule has 0 radical (unpaired) electrons. The molecule has 6 nitrogen and oxygen atoms in total. The first-order chi connectivity index (χ1) is 13.5. The van der Waals surface area contributed by atoms with Crippen LogP contribution in [0.5, 0.6) is 11.5 Å². The van der Waals surface area contributed by atoms with Gasteiger partial charge in [-0.15, -0.1) is 0 Å². The Morgan fingerprint density at radius 1 is 1.11 bits per heavy atom. The van der Waals surface area contributed by atoms with Crippen molar-refractivity contribution >= 4 is 23.4 Å². The number of amides is 2. The molecule has 1 saturated heterocycles. The number of fused-ring (bicyclic) bond motifs is 1.